The van der Waals surface area contributed by atoms with Crippen LogP contribution in [0.25, 0.3) is 5.65 Å². The number of rotatable bonds is 3. The molecule has 0 aliphatic rings. The van der Waals surface area contributed by atoms with E-state index in [2.05, 4.69) is 16.4 Å². The van der Waals surface area contributed by atoms with Crippen molar-refractivity contribution in [1.29, 1.82) is 5.26 Å². The first-order valence-corrected chi connectivity index (χ1v) is 6.92. The first-order valence-electron chi connectivity index (χ1n) is 6.92. The molecule has 0 saturated heterocycles. The summed E-state index contributed by atoms with van der Waals surface area (Å²) >= 11 is 0. The second-order valence-electron chi connectivity index (χ2n) is 4.89. The van der Waals surface area contributed by atoms with Crippen molar-refractivity contribution in [3.05, 3.63) is 76.3 Å². The van der Waals surface area contributed by atoms with Gasteiger partial charge in [0.05, 0.1) is 12.5 Å². The van der Waals surface area contributed by atoms with Gasteiger partial charge in [0.1, 0.15) is 11.2 Å². The third kappa shape index (κ3) is 2.94. The highest BCUT2D eigenvalue weighted by atomic mass is 16.2. The number of hydrogen-bond donors (Lipinski definition) is 1. The number of carbonyl (C=O) groups is 1. The first kappa shape index (κ1) is 14.5. The number of pyridine rings is 1. The summed E-state index contributed by atoms with van der Waals surface area (Å²) in [6.45, 7) is 0. The molecule has 0 saturated carbocycles. The highest BCUT2D eigenvalue weighted by molar-refractivity contribution is 6.03. The van der Waals surface area contributed by atoms with E-state index in [0.717, 1.165) is 5.56 Å². The molecule has 112 valence electrons. The molecular formula is C17H12N4O2. The maximum atomic E-state index is 12.3. The summed E-state index contributed by atoms with van der Waals surface area (Å²) in [6, 6.07) is 14.1. The molecule has 6 nitrogen and oxygen atoms in total. The second kappa shape index (κ2) is 6.12. The van der Waals surface area contributed by atoms with E-state index in [1.807, 2.05) is 0 Å². The van der Waals surface area contributed by atoms with Crippen molar-refractivity contribution in [2.75, 3.05) is 5.32 Å². The van der Waals surface area contributed by atoms with Crippen molar-refractivity contribution in [2.24, 2.45) is 0 Å². The minimum absolute atomic E-state index is 0.0326. The molecule has 0 aliphatic heterocycles. The number of fused-ring (bicyclic) bond motifs is 1. The summed E-state index contributed by atoms with van der Waals surface area (Å²) in [7, 11) is 0. The van der Waals surface area contributed by atoms with Crippen molar-refractivity contribution in [2.45, 2.75) is 6.42 Å². The van der Waals surface area contributed by atoms with E-state index in [-0.39, 0.29) is 5.56 Å². The average molecular weight is 304 g/mol. The van der Waals surface area contributed by atoms with E-state index < -0.39 is 11.5 Å². The van der Waals surface area contributed by atoms with Crippen LogP contribution in [0.15, 0.2) is 59.7 Å². The monoisotopic (exact) mass is 304 g/mol. The van der Waals surface area contributed by atoms with Crippen LogP contribution in [0.5, 0.6) is 0 Å². The number of carbonyl (C=O) groups excluding carboxylic acids is 1. The standard InChI is InChI=1S/C17H12N4O2/c18-9-8-12-4-6-13(7-5-12)20-16(22)14-11-19-15-3-1-2-10-21(15)17(14)23/h1-7,10-11H,8H2,(H,20,22). The van der Waals surface area contributed by atoms with Crippen LogP contribution >= 0.6 is 0 Å². The average Bonchev–Trinajstić information content (AvgIpc) is 2.57. The molecule has 2 aromatic heterocycles. The van der Waals surface area contributed by atoms with Gasteiger partial charge in [-0.1, -0.05) is 18.2 Å². The van der Waals surface area contributed by atoms with E-state index in [1.165, 1.54) is 10.6 Å². The lowest BCUT2D eigenvalue weighted by Gasteiger charge is -2.06. The Hall–Kier alpha value is -3.46. The molecule has 0 bridgehead atoms. The van der Waals surface area contributed by atoms with Crippen molar-refractivity contribution >= 4 is 17.2 Å². The Morgan fingerprint density at radius 2 is 2.00 bits per heavy atom. The summed E-state index contributed by atoms with van der Waals surface area (Å²) in [5.41, 5.74) is 1.44. The van der Waals surface area contributed by atoms with Gasteiger partial charge < -0.3 is 5.32 Å². The zero-order valence-electron chi connectivity index (χ0n) is 12.1. The highest BCUT2D eigenvalue weighted by Gasteiger charge is 2.13. The van der Waals surface area contributed by atoms with Crippen LogP contribution in [0.1, 0.15) is 15.9 Å². The summed E-state index contributed by atoms with van der Waals surface area (Å²) in [5, 5.41) is 11.3. The fraction of sp³-hybridized carbons (Fsp3) is 0.0588. The molecule has 0 atom stereocenters. The van der Waals surface area contributed by atoms with Crippen LogP contribution in [0.4, 0.5) is 5.69 Å². The largest absolute Gasteiger partial charge is 0.322 e. The molecule has 1 amide bonds. The molecule has 23 heavy (non-hydrogen) atoms. The Kier molecular flexibility index (Phi) is 3.85. The zero-order chi connectivity index (χ0) is 16.2. The van der Waals surface area contributed by atoms with Crippen molar-refractivity contribution in [3.8, 4) is 6.07 Å². The molecular weight excluding hydrogens is 292 g/mol. The fourth-order valence-electron chi connectivity index (χ4n) is 2.18. The normalized spacial score (nSPS) is 10.2. The molecule has 1 aromatic carbocycles. The number of aromatic nitrogens is 2. The molecule has 0 fully saturated rings. The van der Waals surface area contributed by atoms with Crippen LogP contribution in [-0.2, 0) is 6.42 Å². The number of hydrogen-bond acceptors (Lipinski definition) is 4. The molecule has 0 spiro atoms. The highest BCUT2D eigenvalue weighted by Crippen LogP contribution is 2.11. The Labute approximate surface area is 131 Å². The van der Waals surface area contributed by atoms with Gasteiger partial charge in [0.15, 0.2) is 0 Å². The predicted octanol–water partition coefficient (Wildman–Crippen LogP) is 2.01. The Balaban J connectivity index is 1.87. The number of nitriles is 1. The molecule has 0 aliphatic carbocycles. The third-order valence-electron chi connectivity index (χ3n) is 3.35. The Bertz CT molecular complexity index is 968. The number of amides is 1. The summed E-state index contributed by atoms with van der Waals surface area (Å²) in [6.07, 6.45) is 3.15. The smallest absolute Gasteiger partial charge is 0.270 e. The van der Waals surface area contributed by atoms with Gasteiger partial charge in [0, 0.05) is 18.1 Å². The van der Waals surface area contributed by atoms with E-state index in [0.29, 0.717) is 17.8 Å². The van der Waals surface area contributed by atoms with Crippen LogP contribution < -0.4 is 10.9 Å². The van der Waals surface area contributed by atoms with Crippen molar-refractivity contribution in [3.63, 3.8) is 0 Å². The predicted molar refractivity (Wildman–Crippen MR) is 85.2 cm³/mol. The summed E-state index contributed by atoms with van der Waals surface area (Å²) in [5.74, 6) is -0.520. The van der Waals surface area contributed by atoms with Crippen LogP contribution in [-0.4, -0.2) is 15.3 Å². The van der Waals surface area contributed by atoms with Gasteiger partial charge in [-0.15, -0.1) is 0 Å². The molecule has 3 aromatic rings. The number of nitrogens with one attached hydrogen (secondary N) is 1. The molecule has 6 heteroatoms. The minimum Gasteiger partial charge on any atom is -0.322 e. The molecule has 2 heterocycles. The molecule has 1 N–H and O–H groups in total. The molecule has 0 unspecified atom stereocenters. The SMILES string of the molecule is N#CCc1ccc(NC(=O)c2cnc3ccccn3c2=O)cc1. The van der Waals surface area contributed by atoms with Gasteiger partial charge in [-0.3, -0.25) is 14.0 Å². The fourth-order valence-corrected chi connectivity index (χ4v) is 2.18. The summed E-state index contributed by atoms with van der Waals surface area (Å²) < 4.78 is 1.32. The van der Waals surface area contributed by atoms with Gasteiger partial charge in [0.2, 0.25) is 0 Å². The van der Waals surface area contributed by atoms with Gasteiger partial charge >= 0.3 is 0 Å². The lowest BCUT2D eigenvalue weighted by molar-refractivity contribution is 0.102. The van der Waals surface area contributed by atoms with Crippen molar-refractivity contribution < 1.29 is 4.79 Å². The van der Waals surface area contributed by atoms with Gasteiger partial charge in [-0.25, -0.2) is 4.98 Å². The molecule has 0 radical (unpaired) electrons. The quantitative estimate of drug-likeness (QED) is 0.802. The van der Waals surface area contributed by atoms with Gasteiger partial charge in [-0.05, 0) is 29.8 Å². The third-order valence-corrected chi connectivity index (χ3v) is 3.35. The zero-order valence-corrected chi connectivity index (χ0v) is 12.1. The minimum atomic E-state index is -0.520. The van der Waals surface area contributed by atoms with E-state index in [9.17, 15) is 9.59 Å². The van der Waals surface area contributed by atoms with E-state index in [1.54, 1.807) is 48.7 Å². The van der Waals surface area contributed by atoms with E-state index >= 15 is 0 Å². The maximum Gasteiger partial charge on any atom is 0.270 e. The molecule has 3 rings (SSSR count). The lowest BCUT2D eigenvalue weighted by Crippen LogP contribution is -2.26. The number of anilines is 1. The van der Waals surface area contributed by atoms with Crippen LogP contribution in [0.3, 0.4) is 0 Å². The van der Waals surface area contributed by atoms with Crippen LogP contribution in [0, 0.1) is 11.3 Å². The maximum absolute atomic E-state index is 12.3. The van der Waals surface area contributed by atoms with Gasteiger partial charge in [0.25, 0.3) is 11.5 Å². The first-order chi connectivity index (χ1) is 11.2. The topological polar surface area (TPSA) is 87.3 Å². The lowest BCUT2D eigenvalue weighted by atomic mass is 10.1. The van der Waals surface area contributed by atoms with E-state index in [4.69, 9.17) is 5.26 Å². The number of nitrogens with zero attached hydrogens (tertiary/aromatic N) is 3. The van der Waals surface area contributed by atoms with Gasteiger partial charge in [-0.2, -0.15) is 5.26 Å². The number of benzene rings is 1. The Morgan fingerprint density at radius 1 is 1.22 bits per heavy atom. The van der Waals surface area contributed by atoms with Crippen molar-refractivity contribution in [1.82, 2.24) is 9.38 Å². The Morgan fingerprint density at radius 3 is 2.74 bits per heavy atom. The summed E-state index contributed by atoms with van der Waals surface area (Å²) in [4.78, 5) is 28.7. The second-order valence-corrected chi connectivity index (χ2v) is 4.89. The van der Waals surface area contributed by atoms with Crippen LogP contribution in [0.2, 0.25) is 0 Å².